The summed E-state index contributed by atoms with van der Waals surface area (Å²) in [5, 5.41) is 11.8. The van der Waals surface area contributed by atoms with Crippen molar-refractivity contribution in [2.45, 2.75) is 33.2 Å². The molecular weight excluding hydrogens is 280 g/mol. The second-order valence-electron chi connectivity index (χ2n) is 5.41. The Morgan fingerprint density at radius 1 is 1.40 bits per heavy atom. The van der Waals surface area contributed by atoms with Crippen molar-refractivity contribution in [2.24, 2.45) is 11.8 Å². The minimum atomic E-state index is -0.900. The summed E-state index contributed by atoms with van der Waals surface area (Å²) >= 11 is 1.53. The monoisotopic (exact) mass is 302 g/mol. The van der Waals surface area contributed by atoms with Crippen LogP contribution in [0.3, 0.4) is 0 Å². The zero-order valence-electron chi connectivity index (χ0n) is 12.1. The molecule has 114 valence electrons. The van der Waals surface area contributed by atoms with Gasteiger partial charge in [-0.15, -0.1) is 11.8 Å². The number of nitrogens with one attached hydrogen (secondary N) is 1. The highest BCUT2D eigenvalue weighted by atomic mass is 32.2. The molecule has 0 bridgehead atoms. The second kappa shape index (κ2) is 7.52. The van der Waals surface area contributed by atoms with Crippen molar-refractivity contribution in [1.82, 2.24) is 10.2 Å². The maximum atomic E-state index is 12.1. The Morgan fingerprint density at radius 2 is 2.05 bits per heavy atom. The third-order valence-corrected chi connectivity index (χ3v) is 4.23. The van der Waals surface area contributed by atoms with Crippen LogP contribution in [-0.4, -0.2) is 52.0 Å². The molecule has 0 spiro atoms. The molecule has 0 unspecified atom stereocenters. The molecule has 1 fully saturated rings. The van der Waals surface area contributed by atoms with Gasteiger partial charge in [0.1, 0.15) is 6.04 Å². The third kappa shape index (κ3) is 4.70. The first kappa shape index (κ1) is 16.8. The van der Waals surface area contributed by atoms with Crippen LogP contribution < -0.4 is 5.32 Å². The van der Waals surface area contributed by atoms with Crippen LogP contribution in [0.1, 0.15) is 27.2 Å². The molecule has 0 aromatic heterocycles. The van der Waals surface area contributed by atoms with E-state index in [1.54, 1.807) is 0 Å². The summed E-state index contributed by atoms with van der Waals surface area (Å²) in [7, 11) is 0. The van der Waals surface area contributed by atoms with E-state index in [1.807, 2.05) is 13.8 Å². The average molecular weight is 302 g/mol. The zero-order valence-corrected chi connectivity index (χ0v) is 12.9. The van der Waals surface area contributed by atoms with Crippen LogP contribution in [0.25, 0.3) is 0 Å². The van der Waals surface area contributed by atoms with Crippen LogP contribution >= 0.6 is 11.8 Å². The predicted octanol–water partition coefficient (Wildman–Crippen LogP) is 0.771. The Balaban J connectivity index is 2.53. The molecule has 20 heavy (non-hydrogen) atoms. The number of rotatable bonds is 6. The van der Waals surface area contributed by atoms with Gasteiger partial charge in [0.05, 0.1) is 11.8 Å². The maximum absolute atomic E-state index is 12.1. The Labute approximate surface area is 123 Å². The summed E-state index contributed by atoms with van der Waals surface area (Å²) in [6.07, 6.45) is 0.519. The minimum Gasteiger partial charge on any atom is -0.481 e. The van der Waals surface area contributed by atoms with E-state index in [-0.39, 0.29) is 24.3 Å². The van der Waals surface area contributed by atoms with Gasteiger partial charge >= 0.3 is 5.97 Å². The van der Waals surface area contributed by atoms with E-state index in [4.69, 9.17) is 5.11 Å². The molecule has 2 N–H and O–H groups in total. The van der Waals surface area contributed by atoms with Gasteiger partial charge < -0.3 is 15.3 Å². The highest BCUT2D eigenvalue weighted by molar-refractivity contribution is 7.99. The van der Waals surface area contributed by atoms with E-state index < -0.39 is 17.9 Å². The van der Waals surface area contributed by atoms with Gasteiger partial charge in [0, 0.05) is 19.2 Å². The van der Waals surface area contributed by atoms with Gasteiger partial charge in [-0.3, -0.25) is 14.4 Å². The average Bonchev–Trinajstić information content (AvgIpc) is 2.82. The van der Waals surface area contributed by atoms with Gasteiger partial charge in [0.15, 0.2) is 0 Å². The van der Waals surface area contributed by atoms with Crippen molar-refractivity contribution in [3.63, 3.8) is 0 Å². The van der Waals surface area contributed by atoms with Gasteiger partial charge in [-0.1, -0.05) is 13.8 Å². The minimum absolute atomic E-state index is 0.110. The van der Waals surface area contributed by atoms with Crippen molar-refractivity contribution in [2.75, 3.05) is 18.2 Å². The molecule has 6 nitrogen and oxygen atoms in total. The topological polar surface area (TPSA) is 86.7 Å². The highest BCUT2D eigenvalue weighted by Crippen LogP contribution is 2.21. The third-order valence-electron chi connectivity index (χ3n) is 3.22. The molecule has 0 aromatic carbocycles. The summed E-state index contributed by atoms with van der Waals surface area (Å²) < 4.78 is 0. The zero-order chi connectivity index (χ0) is 15.3. The summed E-state index contributed by atoms with van der Waals surface area (Å²) in [5.41, 5.74) is 0. The number of hydrogen-bond donors (Lipinski definition) is 2. The molecule has 7 heteroatoms. The number of carboxylic acid groups (broad SMARTS) is 1. The fraction of sp³-hybridized carbons (Fsp3) is 0.769. The molecule has 2 amide bonds. The van der Waals surface area contributed by atoms with Gasteiger partial charge in [0.2, 0.25) is 11.8 Å². The Hall–Kier alpha value is -1.24. The van der Waals surface area contributed by atoms with E-state index >= 15 is 0 Å². The Morgan fingerprint density at radius 3 is 2.55 bits per heavy atom. The number of thioether (sulfide) groups is 1. The molecule has 0 aromatic rings. The van der Waals surface area contributed by atoms with E-state index in [9.17, 15) is 14.4 Å². The molecule has 1 aliphatic rings. The van der Waals surface area contributed by atoms with Crippen molar-refractivity contribution < 1.29 is 19.5 Å². The van der Waals surface area contributed by atoms with E-state index in [0.29, 0.717) is 18.1 Å². The van der Waals surface area contributed by atoms with E-state index in [0.717, 1.165) is 0 Å². The normalized spacial score (nSPS) is 20.0. The van der Waals surface area contributed by atoms with Gasteiger partial charge in [-0.2, -0.15) is 0 Å². The second-order valence-corrected chi connectivity index (χ2v) is 6.41. The SMILES string of the molecule is CC(=O)N1CSC[C@H]1C(=O)NC[C@@H](CC(C)C)C(=O)O. The first-order chi connectivity index (χ1) is 9.32. The number of carboxylic acids is 1. The molecule has 1 rings (SSSR count). The van der Waals surface area contributed by atoms with Crippen LogP contribution in [0, 0.1) is 11.8 Å². The van der Waals surface area contributed by atoms with Crippen molar-refractivity contribution in [3.8, 4) is 0 Å². The number of carbonyl (C=O) groups is 3. The fourth-order valence-corrected chi connectivity index (χ4v) is 3.37. The lowest BCUT2D eigenvalue weighted by molar-refractivity contribution is -0.142. The Bertz CT molecular complexity index is 387. The van der Waals surface area contributed by atoms with Crippen molar-refractivity contribution in [3.05, 3.63) is 0 Å². The first-order valence-electron chi connectivity index (χ1n) is 6.68. The van der Waals surface area contributed by atoms with Crippen LogP contribution in [0.15, 0.2) is 0 Å². The lowest BCUT2D eigenvalue weighted by Gasteiger charge is -2.22. The lowest BCUT2D eigenvalue weighted by atomic mass is 9.97. The number of aliphatic carboxylic acids is 1. The molecule has 1 heterocycles. The molecule has 1 aliphatic heterocycles. The van der Waals surface area contributed by atoms with Crippen LogP contribution in [0.5, 0.6) is 0 Å². The smallest absolute Gasteiger partial charge is 0.308 e. The molecule has 2 atom stereocenters. The predicted molar refractivity (Wildman–Crippen MR) is 77.2 cm³/mol. The summed E-state index contributed by atoms with van der Waals surface area (Å²) in [6.45, 7) is 5.44. The number of hydrogen-bond acceptors (Lipinski definition) is 4. The number of amides is 2. The first-order valence-corrected chi connectivity index (χ1v) is 7.83. The van der Waals surface area contributed by atoms with Gasteiger partial charge in [0.25, 0.3) is 0 Å². The quantitative estimate of drug-likeness (QED) is 0.757. The van der Waals surface area contributed by atoms with Crippen molar-refractivity contribution in [1.29, 1.82) is 0 Å². The van der Waals surface area contributed by atoms with Gasteiger partial charge in [-0.05, 0) is 12.3 Å². The summed E-state index contributed by atoms with van der Waals surface area (Å²) in [5.74, 6) is -0.548. The molecule has 0 radical (unpaired) electrons. The van der Waals surface area contributed by atoms with E-state index in [1.165, 1.54) is 23.6 Å². The molecular formula is C13H22N2O4S. The van der Waals surface area contributed by atoms with Crippen LogP contribution in [-0.2, 0) is 14.4 Å². The van der Waals surface area contributed by atoms with E-state index in [2.05, 4.69) is 5.32 Å². The van der Waals surface area contributed by atoms with Gasteiger partial charge in [-0.25, -0.2) is 0 Å². The maximum Gasteiger partial charge on any atom is 0.308 e. The van der Waals surface area contributed by atoms with Crippen LogP contribution in [0.4, 0.5) is 0 Å². The highest BCUT2D eigenvalue weighted by Gasteiger charge is 2.33. The standard InChI is InChI=1S/C13H22N2O4S/c1-8(2)4-10(13(18)19)5-14-12(17)11-6-20-7-15(11)9(3)16/h8,10-11H,4-7H2,1-3H3,(H,14,17)(H,18,19)/t10-,11+/m1/s1. The molecule has 1 saturated heterocycles. The molecule has 0 saturated carbocycles. The number of carbonyl (C=O) groups excluding carboxylic acids is 2. The largest absolute Gasteiger partial charge is 0.481 e. The summed E-state index contributed by atoms with van der Waals surface area (Å²) in [6, 6.07) is -0.481. The van der Waals surface area contributed by atoms with Crippen LogP contribution in [0.2, 0.25) is 0 Å². The fourth-order valence-electron chi connectivity index (χ4n) is 2.15. The Kier molecular flexibility index (Phi) is 6.32. The lowest BCUT2D eigenvalue weighted by Crippen LogP contribution is -2.48. The van der Waals surface area contributed by atoms with Crippen molar-refractivity contribution >= 4 is 29.5 Å². The summed E-state index contributed by atoms with van der Waals surface area (Å²) in [4.78, 5) is 36.1. The molecule has 0 aliphatic carbocycles. The number of nitrogens with zero attached hydrogens (tertiary/aromatic N) is 1.